The molecule has 0 saturated carbocycles. The minimum absolute atomic E-state index is 0.301. The van der Waals surface area contributed by atoms with E-state index in [0.29, 0.717) is 0 Å². The van der Waals surface area contributed by atoms with Crippen LogP contribution in [0.2, 0.25) is 0 Å². The standard InChI is InChI=1S/C14H18BNO2S.C8H6BrNS/c1-9-16-11-8-10(6-7-12(11)19-9)15-17-13(2,3)14(4,5)18-15;1-5-10-7-4-6(9)2-3-8(7)11-5/h6-8H,1-5H3;2-4H,1H3. The molecule has 2 aromatic carbocycles. The Hall–Kier alpha value is -1.32. The number of aryl methyl sites for hydroxylation is 2. The van der Waals surface area contributed by atoms with E-state index in [1.54, 1.807) is 22.7 Å². The summed E-state index contributed by atoms with van der Waals surface area (Å²) in [6.07, 6.45) is 0. The van der Waals surface area contributed by atoms with Gasteiger partial charge in [0.25, 0.3) is 0 Å². The first kappa shape index (κ1) is 21.9. The minimum atomic E-state index is -0.309. The maximum absolute atomic E-state index is 6.06. The average molecular weight is 503 g/mol. The Bertz CT molecular complexity index is 1200. The molecular weight excluding hydrogens is 479 g/mol. The van der Waals surface area contributed by atoms with Crippen LogP contribution in [0.5, 0.6) is 0 Å². The number of rotatable bonds is 1. The molecule has 8 heteroatoms. The Morgan fingerprint density at radius 2 is 1.30 bits per heavy atom. The van der Waals surface area contributed by atoms with E-state index in [1.807, 2.05) is 26.0 Å². The molecule has 1 saturated heterocycles. The van der Waals surface area contributed by atoms with E-state index < -0.39 is 0 Å². The SMILES string of the molecule is Cc1nc2cc(B3OC(C)(C)C(C)(C)O3)ccc2s1.Cc1nc2cc(Br)ccc2s1. The van der Waals surface area contributed by atoms with Gasteiger partial charge in [-0.1, -0.05) is 22.0 Å². The quantitative estimate of drug-likeness (QED) is 0.287. The number of thiazole rings is 2. The number of benzene rings is 2. The molecule has 0 radical (unpaired) electrons. The van der Waals surface area contributed by atoms with Crippen LogP contribution in [0.15, 0.2) is 40.9 Å². The third-order valence-electron chi connectivity index (χ3n) is 5.50. The van der Waals surface area contributed by atoms with Gasteiger partial charge < -0.3 is 9.31 Å². The maximum Gasteiger partial charge on any atom is 0.494 e. The number of hydrogen-bond donors (Lipinski definition) is 0. The molecule has 1 fully saturated rings. The van der Waals surface area contributed by atoms with Crippen LogP contribution in [0.3, 0.4) is 0 Å². The van der Waals surface area contributed by atoms with E-state index in [1.165, 1.54) is 9.40 Å². The number of nitrogens with zero attached hydrogens (tertiary/aromatic N) is 2. The lowest BCUT2D eigenvalue weighted by molar-refractivity contribution is 0.00578. The number of halogens is 1. The van der Waals surface area contributed by atoms with Gasteiger partial charge in [-0.15, -0.1) is 22.7 Å². The van der Waals surface area contributed by atoms with Crippen molar-refractivity contribution < 1.29 is 9.31 Å². The van der Waals surface area contributed by atoms with Gasteiger partial charge in [0.15, 0.2) is 0 Å². The van der Waals surface area contributed by atoms with Crippen LogP contribution in [0.4, 0.5) is 0 Å². The van der Waals surface area contributed by atoms with Crippen LogP contribution in [-0.2, 0) is 9.31 Å². The summed E-state index contributed by atoms with van der Waals surface area (Å²) >= 11 is 6.85. The molecule has 0 bridgehead atoms. The largest absolute Gasteiger partial charge is 0.494 e. The molecule has 156 valence electrons. The molecule has 1 aliphatic rings. The third kappa shape index (κ3) is 4.34. The molecule has 0 atom stereocenters. The van der Waals surface area contributed by atoms with Crippen molar-refractivity contribution in [2.24, 2.45) is 0 Å². The zero-order chi connectivity index (χ0) is 21.7. The van der Waals surface area contributed by atoms with Crippen molar-refractivity contribution in [1.29, 1.82) is 0 Å². The summed E-state index contributed by atoms with van der Waals surface area (Å²) in [5, 5.41) is 2.21. The summed E-state index contributed by atoms with van der Waals surface area (Å²) in [7, 11) is -0.309. The molecule has 2 aromatic heterocycles. The van der Waals surface area contributed by atoms with Crippen LogP contribution in [0.25, 0.3) is 20.4 Å². The first-order valence-electron chi connectivity index (χ1n) is 9.79. The van der Waals surface area contributed by atoms with Gasteiger partial charge >= 0.3 is 7.12 Å². The summed E-state index contributed by atoms with van der Waals surface area (Å²) in [6, 6.07) is 12.4. The smallest absolute Gasteiger partial charge is 0.399 e. The lowest BCUT2D eigenvalue weighted by Gasteiger charge is -2.32. The van der Waals surface area contributed by atoms with E-state index in [-0.39, 0.29) is 18.3 Å². The van der Waals surface area contributed by atoms with Gasteiger partial charge in [-0.2, -0.15) is 0 Å². The van der Waals surface area contributed by atoms with Crippen LogP contribution in [-0.4, -0.2) is 28.3 Å². The molecule has 0 unspecified atom stereocenters. The summed E-state index contributed by atoms with van der Waals surface area (Å²) in [6.45, 7) is 12.3. The first-order valence-corrected chi connectivity index (χ1v) is 12.2. The van der Waals surface area contributed by atoms with Crippen molar-refractivity contribution in [2.75, 3.05) is 0 Å². The number of aromatic nitrogens is 2. The maximum atomic E-state index is 6.06. The average Bonchev–Trinajstić information content (AvgIpc) is 3.26. The highest BCUT2D eigenvalue weighted by molar-refractivity contribution is 9.10. The van der Waals surface area contributed by atoms with Crippen LogP contribution < -0.4 is 5.46 Å². The van der Waals surface area contributed by atoms with Crippen molar-refractivity contribution in [1.82, 2.24) is 9.97 Å². The summed E-state index contributed by atoms with van der Waals surface area (Å²) in [4.78, 5) is 8.89. The molecule has 5 rings (SSSR count). The normalized spacial score (nSPS) is 17.4. The Kier molecular flexibility index (Phi) is 5.83. The second-order valence-corrected chi connectivity index (χ2v) is 11.8. The van der Waals surface area contributed by atoms with E-state index >= 15 is 0 Å². The van der Waals surface area contributed by atoms with Gasteiger partial charge in [0.2, 0.25) is 0 Å². The Labute approximate surface area is 193 Å². The fourth-order valence-electron chi connectivity index (χ4n) is 3.20. The molecule has 0 aliphatic carbocycles. The number of fused-ring (bicyclic) bond motifs is 2. The lowest BCUT2D eigenvalue weighted by atomic mass is 9.79. The Morgan fingerprint density at radius 1 is 0.800 bits per heavy atom. The fourth-order valence-corrected chi connectivity index (χ4v) is 5.17. The van der Waals surface area contributed by atoms with Crippen LogP contribution in [0.1, 0.15) is 37.7 Å². The molecule has 0 spiro atoms. The fraction of sp³-hybridized carbons (Fsp3) is 0.364. The van der Waals surface area contributed by atoms with E-state index in [4.69, 9.17) is 9.31 Å². The Morgan fingerprint density at radius 3 is 1.87 bits per heavy atom. The highest BCUT2D eigenvalue weighted by Gasteiger charge is 2.51. The first-order chi connectivity index (χ1) is 14.0. The molecule has 3 heterocycles. The zero-order valence-electron chi connectivity index (χ0n) is 17.9. The van der Waals surface area contributed by atoms with Crippen molar-refractivity contribution >= 4 is 71.6 Å². The van der Waals surface area contributed by atoms with Crippen molar-refractivity contribution in [3.8, 4) is 0 Å². The third-order valence-corrected chi connectivity index (χ3v) is 7.90. The minimum Gasteiger partial charge on any atom is -0.399 e. The number of hydrogen-bond acceptors (Lipinski definition) is 6. The molecular formula is C22H24BBrN2O2S2. The van der Waals surface area contributed by atoms with Crippen molar-refractivity contribution in [3.05, 3.63) is 50.9 Å². The topological polar surface area (TPSA) is 44.2 Å². The van der Waals surface area contributed by atoms with Gasteiger partial charge in [-0.3, -0.25) is 0 Å². The second-order valence-electron chi connectivity index (χ2n) is 8.39. The van der Waals surface area contributed by atoms with Crippen LogP contribution in [0, 0.1) is 13.8 Å². The molecule has 4 nitrogen and oxygen atoms in total. The van der Waals surface area contributed by atoms with E-state index in [2.05, 4.69) is 77.9 Å². The molecule has 0 amide bonds. The van der Waals surface area contributed by atoms with Gasteiger partial charge in [-0.05, 0) is 77.3 Å². The predicted octanol–water partition coefficient (Wildman–Crippen LogP) is 6.27. The van der Waals surface area contributed by atoms with Crippen molar-refractivity contribution in [3.63, 3.8) is 0 Å². The van der Waals surface area contributed by atoms with E-state index in [9.17, 15) is 0 Å². The van der Waals surface area contributed by atoms with Gasteiger partial charge in [0.1, 0.15) is 0 Å². The van der Waals surface area contributed by atoms with Gasteiger partial charge in [-0.25, -0.2) is 9.97 Å². The predicted molar refractivity (Wildman–Crippen MR) is 132 cm³/mol. The molecule has 0 N–H and O–H groups in total. The lowest BCUT2D eigenvalue weighted by Crippen LogP contribution is -2.41. The highest BCUT2D eigenvalue weighted by atomic mass is 79.9. The second kappa shape index (κ2) is 7.99. The van der Waals surface area contributed by atoms with E-state index in [0.717, 1.165) is 31.0 Å². The summed E-state index contributed by atoms with van der Waals surface area (Å²) < 4.78 is 15.7. The monoisotopic (exact) mass is 502 g/mol. The summed E-state index contributed by atoms with van der Waals surface area (Å²) in [5.41, 5.74) is 2.54. The van der Waals surface area contributed by atoms with Crippen molar-refractivity contribution in [2.45, 2.75) is 52.7 Å². The summed E-state index contributed by atoms with van der Waals surface area (Å²) in [5.74, 6) is 0. The molecule has 4 aromatic rings. The van der Waals surface area contributed by atoms with Gasteiger partial charge in [0.05, 0.1) is 41.7 Å². The van der Waals surface area contributed by atoms with Crippen LogP contribution >= 0.6 is 38.6 Å². The Balaban J connectivity index is 0.000000168. The highest BCUT2D eigenvalue weighted by Crippen LogP contribution is 2.36. The zero-order valence-corrected chi connectivity index (χ0v) is 21.2. The van der Waals surface area contributed by atoms with Gasteiger partial charge in [0, 0.05) is 4.47 Å². The molecule has 30 heavy (non-hydrogen) atoms. The molecule has 1 aliphatic heterocycles.